The van der Waals surface area contributed by atoms with Crippen LogP contribution in [0.5, 0.6) is 0 Å². The number of fused-ring (bicyclic) bond motifs is 1. The maximum Gasteiger partial charge on any atom is 0.425 e. The molecule has 0 amide bonds. The van der Waals surface area contributed by atoms with Crippen molar-refractivity contribution in [1.82, 2.24) is 0 Å². The van der Waals surface area contributed by atoms with Gasteiger partial charge in [0.2, 0.25) is 0 Å². The monoisotopic (exact) mass is 257 g/mol. The van der Waals surface area contributed by atoms with E-state index in [0.717, 1.165) is 16.9 Å². The molecule has 0 fully saturated rings. The van der Waals surface area contributed by atoms with Crippen molar-refractivity contribution in [2.45, 2.75) is 6.18 Å². The van der Waals surface area contributed by atoms with Gasteiger partial charge in [-0.25, -0.2) is 0 Å². The lowest BCUT2D eigenvalue weighted by atomic mass is 10.1. The third kappa shape index (κ3) is 2.68. The van der Waals surface area contributed by atoms with E-state index >= 15 is 0 Å². The first-order valence-electron chi connectivity index (χ1n) is 4.98. The first-order valence-corrected chi connectivity index (χ1v) is 5.80. The molecule has 0 aliphatic heterocycles. The normalized spacial score (nSPS) is 12.7. The molecule has 2 N–H and O–H groups in total. The predicted molar refractivity (Wildman–Crippen MR) is 64.9 cm³/mol. The maximum absolute atomic E-state index is 12.5. The van der Waals surface area contributed by atoms with Gasteiger partial charge in [-0.05, 0) is 29.1 Å². The van der Waals surface area contributed by atoms with Gasteiger partial charge in [0.05, 0.1) is 0 Å². The van der Waals surface area contributed by atoms with Crippen LogP contribution >= 0.6 is 11.3 Å². The number of halogens is 3. The molecule has 0 aliphatic rings. The van der Waals surface area contributed by atoms with Gasteiger partial charge in [0.15, 0.2) is 0 Å². The summed E-state index contributed by atoms with van der Waals surface area (Å²) in [5.74, 6) is 0. The molecule has 5 heteroatoms. The molecule has 1 heterocycles. The lowest BCUT2D eigenvalue weighted by Gasteiger charge is -1.99. The summed E-state index contributed by atoms with van der Waals surface area (Å²) in [7, 11) is 0. The van der Waals surface area contributed by atoms with Gasteiger partial charge in [-0.1, -0.05) is 18.2 Å². The molecule has 0 saturated carbocycles. The van der Waals surface area contributed by atoms with Crippen LogP contribution in [0.1, 0.15) is 10.4 Å². The molecule has 2 aromatic rings. The zero-order valence-electron chi connectivity index (χ0n) is 8.79. The Morgan fingerprint density at radius 3 is 2.65 bits per heavy atom. The summed E-state index contributed by atoms with van der Waals surface area (Å²) in [5, 5.41) is 0.612. The Morgan fingerprint density at radius 1 is 1.24 bits per heavy atom. The van der Waals surface area contributed by atoms with Crippen LogP contribution in [-0.2, 0) is 6.18 Å². The molecule has 0 bridgehead atoms. The number of thiophene rings is 1. The maximum atomic E-state index is 12.5. The second kappa shape index (κ2) is 4.50. The Balaban J connectivity index is 2.44. The standard InChI is InChI=1S/C12H10F3NS/c13-12(14,15)11-7-9-6-8(2-1-5-16)3-4-10(9)17-11/h1-4,6-7H,5,16H2/b2-1+. The molecule has 17 heavy (non-hydrogen) atoms. The highest BCUT2D eigenvalue weighted by molar-refractivity contribution is 7.19. The van der Waals surface area contributed by atoms with Gasteiger partial charge in [-0.15, -0.1) is 11.3 Å². The molecule has 0 unspecified atom stereocenters. The quantitative estimate of drug-likeness (QED) is 0.867. The van der Waals surface area contributed by atoms with Gasteiger partial charge in [-0.2, -0.15) is 13.2 Å². The molecule has 0 saturated heterocycles. The Labute approximate surface area is 100 Å². The second-order valence-corrected chi connectivity index (χ2v) is 4.63. The highest BCUT2D eigenvalue weighted by Gasteiger charge is 2.32. The van der Waals surface area contributed by atoms with Crippen molar-refractivity contribution in [2.75, 3.05) is 6.54 Å². The molecule has 0 spiro atoms. The Hall–Kier alpha value is -1.33. The largest absolute Gasteiger partial charge is 0.425 e. The van der Waals surface area contributed by atoms with Crippen molar-refractivity contribution < 1.29 is 13.2 Å². The summed E-state index contributed by atoms with van der Waals surface area (Å²) >= 11 is 0.763. The third-order valence-corrected chi connectivity index (χ3v) is 3.43. The Morgan fingerprint density at radius 2 is 2.00 bits per heavy atom. The summed E-state index contributed by atoms with van der Waals surface area (Å²) in [5.41, 5.74) is 6.17. The van der Waals surface area contributed by atoms with Crippen LogP contribution in [0.25, 0.3) is 16.2 Å². The van der Waals surface area contributed by atoms with Crippen LogP contribution in [0.4, 0.5) is 13.2 Å². The van der Waals surface area contributed by atoms with Crippen LogP contribution in [0.15, 0.2) is 30.3 Å². The fraction of sp³-hybridized carbons (Fsp3) is 0.167. The molecule has 1 aromatic heterocycles. The number of alkyl halides is 3. The molecule has 0 aliphatic carbocycles. The van der Waals surface area contributed by atoms with Gasteiger partial charge < -0.3 is 5.73 Å². The van der Waals surface area contributed by atoms with Gasteiger partial charge in [0.1, 0.15) is 4.88 Å². The molecule has 0 radical (unpaired) electrons. The smallest absolute Gasteiger partial charge is 0.327 e. The zero-order chi connectivity index (χ0) is 12.5. The summed E-state index contributed by atoms with van der Waals surface area (Å²) in [4.78, 5) is -0.563. The van der Waals surface area contributed by atoms with Crippen molar-refractivity contribution in [3.63, 3.8) is 0 Å². The fourth-order valence-corrected chi connectivity index (χ4v) is 2.42. The fourth-order valence-electron chi connectivity index (χ4n) is 1.51. The first kappa shape index (κ1) is 12.1. The average Bonchev–Trinajstić information content (AvgIpc) is 2.68. The topological polar surface area (TPSA) is 26.0 Å². The van der Waals surface area contributed by atoms with E-state index in [4.69, 9.17) is 5.73 Å². The van der Waals surface area contributed by atoms with Crippen LogP contribution in [0, 0.1) is 0 Å². The summed E-state index contributed by atoms with van der Waals surface area (Å²) in [6, 6.07) is 6.39. The van der Waals surface area contributed by atoms with Crippen LogP contribution < -0.4 is 5.73 Å². The highest BCUT2D eigenvalue weighted by atomic mass is 32.1. The summed E-state index contributed by atoms with van der Waals surface area (Å²) < 4.78 is 38.2. The molecular formula is C12H10F3NS. The van der Waals surface area contributed by atoms with Gasteiger partial charge in [0.25, 0.3) is 0 Å². The van der Waals surface area contributed by atoms with E-state index in [2.05, 4.69) is 0 Å². The number of rotatable bonds is 2. The minimum Gasteiger partial charge on any atom is -0.327 e. The summed E-state index contributed by atoms with van der Waals surface area (Å²) in [6.07, 6.45) is -0.709. The lowest BCUT2D eigenvalue weighted by molar-refractivity contribution is -0.134. The summed E-state index contributed by atoms with van der Waals surface area (Å²) in [6.45, 7) is 0.412. The van der Waals surface area contributed by atoms with E-state index in [1.165, 1.54) is 6.07 Å². The SMILES string of the molecule is NC/C=C/c1ccc2sc(C(F)(F)F)cc2c1. The molecule has 1 aromatic carbocycles. The first-order chi connectivity index (χ1) is 8.00. The van der Waals surface area contributed by atoms with Crippen LogP contribution in [-0.4, -0.2) is 6.54 Å². The number of hydrogen-bond acceptors (Lipinski definition) is 2. The van der Waals surface area contributed by atoms with E-state index in [0.29, 0.717) is 16.6 Å². The molecule has 1 nitrogen and oxygen atoms in total. The second-order valence-electron chi connectivity index (χ2n) is 3.54. The average molecular weight is 257 g/mol. The molecule has 2 rings (SSSR count). The van der Waals surface area contributed by atoms with Crippen LogP contribution in [0.3, 0.4) is 0 Å². The lowest BCUT2D eigenvalue weighted by Crippen LogP contribution is -2.00. The van der Waals surface area contributed by atoms with Crippen molar-refractivity contribution in [1.29, 1.82) is 0 Å². The Bertz CT molecular complexity index is 554. The number of nitrogens with two attached hydrogens (primary N) is 1. The number of benzene rings is 1. The van der Waals surface area contributed by atoms with E-state index in [1.54, 1.807) is 30.4 Å². The van der Waals surface area contributed by atoms with E-state index in [9.17, 15) is 13.2 Å². The molecule has 90 valence electrons. The predicted octanol–water partition coefficient (Wildman–Crippen LogP) is 3.89. The van der Waals surface area contributed by atoms with E-state index in [1.807, 2.05) is 0 Å². The van der Waals surface area contributed by atoms with Gasteiger partial charge in [-0.3, -0.25) is 0 Å². The van der Waals surface area contributed by atoms with Crippen LogP contribution in [0.2, 0.25) is 0 Å². The van der Waals surface area contributed by atoms with E-state index in [-0.39, 0.29) is 0 Å². The van der Waals surface area contributed by atoms with Gasteiger partial charge in [0, 0.05) is 11.2 Å². The van der Waals surface area contributed by atoms with Crippen molar-refractivity contribution in [3.8, 4) is 0 Å². The number of hydrogen-bond donors (Lipinski definition) is 1. The molecule has 0 atom stereocenters. The minimum absolute atomic E-state index is 0.412. The van der Waals surface area contributed by atoms with Crippen molar-refractivity contribution in [2.24, 2.45) is 5.73 Å². The molecular weight excluding hydrogens is 247 g/mol. The third-order valence-electron chi connectivity index (χ3n) is 2.27. The van der Waals surface area contributed by atoms with Crippen molar-refractivity contribution >= 4 is 27.5 Å². The minimum atomic E-state index is -4.27. The van der Waals surface area contributed by atoms with E-state index < -0.39 is 11.1 Å². The van der Waals surface area contributed by atoms with Crippen molar-refractivity contribution in [3.05, 3.63) is 40.8 Å². The highest BCUT2D eigenvalue weighted by Crippen LogP contribution is 2.38. The zero-order valence-corrected chi connectivity index (χ0v) is 9.61. The Kier molecular flexibility index (Phi) is 3.22. The van der Waals surface area contributed by atoms with Gasteiger partial charge >= 0.3 is 6.18 Å².